The van der Waals surface area contributed by atoms with Gasteiger partial charge in [0.15, 0.2) is 0 Å². The maximum absolute atomic E-state index is 12.9. The fourth-order valence-corrected chi connectivity index (χ4v) is 1.05. The van der Waals surface area contributed by atoms with E-state index in [2.05, 4.69) is 11.8 Å². The SMILES string of the molecule is Cc1ccc(F)cc1C#CC(O)C(C)C. The van der Waals surface area contributed by atoms with Crippen molar-refractivity contribution in [3.8, 4) is 11.8 Å². The lowest BCUT2D eigenvalue weighted by Gasteiger charge is -2.05. The molecule has 0 fully saturated rings. The van der Waals surface area contributed by atoms with Gasteiger partial charge in [0.2, 0.25) is 0 Å². The van der Waals surface area contributed by atoms with E-state index in [1.165, 1.54) is 12.1 Å². The second-order valence-corrected chi connectivity index (χ2v) is 3.92. The first kappa shape index (κ1) is 11.7. The molecule has 2 heteroatoms. The van der Waals surface area contributed by atoms with E-state index in [0.29, 0.717) is 5.56 Å². The number of aryl methyl sites for hydroxylation is 1. The molecule has 1 atom stereocenters. The molecule has 0 aliphatic carbocycles. The van der Waals surface area contributed by atoms with Gasteiger partial charge in [-0.2, -0.15) is 0 Å². The van der Waals surface area contributed by atoms with Crippen LogP contribution in [-0.4, -0.2) is 11.2 Å². The Morgan fingerprint density at radius 1 is 1.33 bits per heavy atom. The van der Waals surface area contributed by atoms with Crippen molar-refractivity contribution in [1.82, 2.24) is 0 Å². The van der Waals surface area contributed by atoms with E-state index in [0.717, 1.165) is 5.56 Å². The second kappa shape index (κ2) is 4.95. The molecule has 1 rings (SSSR count). The predicted molar refractivity (Wildman–Crippen MR) is 58.9 cm³/mol. The zero-order valence-electron chi connectivity index (χ0n) is 9.21. The number of rotatable bonds is 1. The smallest absolute Gasteiger partial charge is 0.124 e. The third-order valence-electron chi connectivity index (χ3n) is 2.19. The van der Waals surface area contributed by atoms with Crippen molar-refractivity contribution in [3.05, 3.63) is 35.1 Å². The molecule has 0 spiro atoms. The maximum Gasteiger partial charge on any atom is 0.124 e. The molecular formula is C13H15FO. The molecule has 0 amide bonds. The molecule has 1 unspecified atom stereocenters. The average molecular weight is 206 g/mol. The van der Waals surface area contributed by atoms with E-state index < -0.39 is 6.10 Å². The number of hydrogen-bond acceptors (Lipinski definition) is 1. The molecule has 1 aromatic carbocycles. The van der Waals surface area contributed by atoms with Crippen molar-refractivity contribution in [2.45, 2.75) is 26.9 Å². The Morgan fingerprint density at radius 2 is 2.00 bits per heavy atom. The second-order valence-electron chi connectivity index (χ2n) is 3.92. The van der Waals surface area contributed by atoms with Crippen LogP contribution in [0.15, 0.2) is 18.2 Å². The van der Waals surface area contributed by atoms with Crippen LogP contribution in [0.5, 0.6) is 0 Å². The normalized spacial score (nSPS) is 12.1. The van der Waals surface area contributed by atoms with Gasteiger partial charge in [-0.05, 0) is 30.5 Å². The van der Waals surface area contributed by atoms with Gasteiger partial charge in [0.25, 0.3) is 0 Å². The standard InChI is InChI=1S/C13H15FO/c1-9(2)13(15)7-5-11-8-12(14)6-4-10(11)3/h4,6,8-9,13,15H,1-3H3. The lowest BCUT2D eigenvalue weighted by atomic mass is 10.1. The quantitative estimate of drug-likeness (QED) is 0.700. The Hall–Kier alpha value is -1.33. The molecule has 0 bridgehead atoms. The summed E-state index contributed by atoms with van der Waals surface area (Å²) in [4.78, 5) is 0. The molecule has 0 heterocycles. The van der Waals surface area contributed by atoms with E-state index in [4.69, 9.17) is 0 Å². The molecule has 1 nitrogen and oxygen atoms in total. The number of aliphatic hydroxyl groups excluding tert-OH is 1. The van der Waals surface area contributed by atoms with Crippen LogP contribution in [0, 0.1) is 30.5 Å². The first-order chi connectivity index (χ1) is 7.00. The Bertz CT molecular complexity index is 399. The molecule has 0 radical (unpaired) electrons. The Kier molecular flexibility index (Phi) is 3.88. The fraction of sp³-hybridized carbons (Fsp3) is 0.385. The van der Waals surface area contributed by atoms with E-state index in [9.17, 15) is 9.50 Å². The molecule has 0 aromatic heterocycles. The highest BCUT2D eigenvalue weighted by Gasteiger charge is 2.04. The van der Waals surface area contributed by atoms with Crippen LogP contribution in [0.25, 0.3) is 0 Å². The van der Waals surface area contributed by atoms with Crippen molar-refractivity contribution >= 4 is 0 Å². The molecule has 80 valence electrons. The summed E-state index contributed by atoms with van der Waals surface area (Å²) >= 11 is 0. The van der Waals surface area contributed by atoms with Crippen LogP contribution < -0.4 is 0 Å². The summed E-state index contributed by atoms with van der Waals surface area (Å²) in [6.45, 7) is 5.64. The van der Waals surface area contributed by atoms with Gasteiger partial charge in [0.05, 0.1) is 0 Å². The first-order valence-corrected chi connectivity index (χ1v) is 4.96. The van der Waals surface area contributed by atoms with Crippen molar-refractivity contribution in [3.63, 3.8) is 0 Å². The van der Waals surface area contributed by atoms with Crippen LogP contribution in [0.2, 0.25) is 0 Å². The van der Waals surface area contributed by atoms with Gasteiger partial charge in [-0.1, -0.05) is 31.8 Å². The highest BCUT2D eigenvalue weighted by Crippen LogP contribution is 2.09. The van der Waals surface area contributed by atoms with Gasteiger partial charge in [-0.25, -0.2) is 4.39 Å². The van der Waals surface area contributed by atoms with Gasteiger partial charge in [-0.3, -0.25) is 0 Å². The number of hydrogen-bond donors (Lipinski definition) is 1. The highest BCUT2D eigenvalue weighted by molar-refractivity contribution is 5.41. The van der Waals surface area contributed by atoms with E-state index in [1.807, 2.05) is 20.8 Å². The summed E-state index contributed by atoms with van der Waals surface area (Å²) < 4.78 is 12.9. The largest absolute Gasteiger partial charge is 0.380 e. The van der Waals surface area contributed by atoms with Crippen molar-refractivity contribution in [2.24, 2.45) is 5.92 Å². The van der Waals surface area contributed by atoms with E-state index in [-0.39, 0.29) is 11.7 Å². The lowest BCUT2D eigenvalue weighted by molar-refractivity contribution is 0.181. The zero-order valence-corrected chi connectivity index (χ0v) is 9.21. The van der Waals surface area contributed by atoms with Crippen LogP contribution in [0.1, 0.15) is 25.0 Å². The molecule has 0 aliphatic rings. The van der Waals surface area contributed by atoms with Crippen LogP contribution in [0.4, 0.5) is 4.39 Å². The first-order valence-electron chi connectivity index (χ1n) is 4.96. The summed E-state index contributed by atoms with van der Waals surface area (Å²) in [5.74, 6) is 5.29. The van der Waals surface area contributed by atoms with E-state index >= 15 is 0 Å². The van der Waals surface area contributed by atoms with Gasteiger partial charge in [0, 0.05) is 5.56 Å². The van der Waals surface area contributed by atoms with Gasteiger partial charge >= 0.3 is 0 Å². The third kappa shape index (κ3) is 3.38. The molecule has 1 N–H and O–H groups in total. The highest BCUT2D eigenvalue weighted by atomic mass is 19.1. The van der Waals surface area contributed by atoms with Crippen LogP contribution >= 0.6 is 0 Å². The monoisotopic (exact) mass is 206 g/mol. The molecule has 0 saturated carbocycles. The van der Waals surface area contributed by atoms with Crippen molar-refractivity contribution < 1.29 is 9.50 Å². The average Bonchev–Trinajstić information content (AvgIpc) is 2.18. The zero-order chi connectivity index (χ0) is 11.4. The number of aliphatic hydroxyl groups is 1. The van der Waals surface area contributed by atoms with Crippen molar-refractivity contribution in [2.75, 3.05) is 0 Å². The number of halogens is 1. The minimum atomic E-state index is -0.660. The van der Waals surface area contributed by atoms with Crippen LogP contribution in [0.3, 0.4) is 0 Å². The van der Waals surface area contributed by atoms with Crippen LogP contribution in [-0.2, 0) is 0 Å². The Labute approximate surface area is 89.9 Å². The lowest BCUT2D eigenvalue weighted by Crippen LogP contribution is -2.11. The molecule has 1 aromatic rings. The Morgan fingerprint density at radius 3 is 2.60 bits per heavy atom. The summed E-state index contributed by atoms with van der Waals surface area (Å²) in [7, 11) is 0. The summed E-state index contributed by atoms with van der Waals surface area (Å²) in [6.07, 6.45) is -0.660. The van der Waals surface area contributed by atoms with Gasteiger partial charge in [-0.15, -0.1) is 0 Å². The Balaban J connectivity index is 2.93. The third-order valence-corrected chi connectivity index (χ3v) is 2.19. The minimum Gasteiger partial charge on any atom is -0.380 e. The van der Waals surface area contributed by atoms with Gasteiger partial charge in [0.1, 0.15) is 11.9 Å². The summed E-state index contributed by atoms with van der Waals surface area (Å²) in [5.41, 5.74) is 1.55. The minimum absolute atomic E-state index is 0.0892. The molecular weight excluding hydrogens is 191 g/mol. The topological polar surface area (TPSA) is 20.2 Å². The van der Waals surface area contributed by atoms with Gasteiger partial charge < -0.3 is 5.11 Å². The number of benzene rings is 1. The summed E-state index contributed by atoms with van der Waals surface area (Å²) in [6, 6.07) is 4.47. The molecule has 0 saturated heterocycles. The molecule has 0 aliphatic heterocycles. The summed E-state index contributed by atoms with van der Waals surface area (Å²) in [5, 5.41) is 9.48. The molecule has 15 heavy (non-hydrogen) atoms. The van der Waals surface area contributed by atoms with Crippen molar-refractivity contribution in [1.29, 1.82) is 0 Å². The fourth-order valence-electron chi connectivity index (χ4n) is 1.05. The maximum atomic E-state index is 12.9. The van der Waals surface area contributed by atoms with E-state index in [1.54, 1.807) is 6.07 Å². The predicted octanol–water partition coefficient (Wildman–Crippen LogP) is 2.50.